The molecular formula is C15H21N5. The Morgan fingerprint density at radius 2 is 1.65 bits per heavy atom. The van der Waals surface area contributed by atoms with Gasteiger partial charge in [0.05, 0.1) is 6.21 Å². The van der Waals surface area contributed by atoms with Crippen LogP contribution >= 0.6 is 0 Å². The summed E-state index contributed by atoms with van der Waals surface area (Å²) in [5.41, 5.74) is 2.34. The predicted molar refractivity (Wildman–Crippen MR) is 82.3 cm³/mol. The summed E-state index contributed by atoms with van der Waals surface area (Å²) in [7, 11) is 0. The summed E-state index contributed by atoms with van der Waals surface area (Å²) in [6.07, 6.45) is 7.26. The molecule has 0 unspecified atom stereocenters. The lowest BCUT2D eigenvalue weighted by Gasteiger charge is -2.23. The van der Waals surface area contributed by atoms with Gasteiger partial charge in [0, 0.05) is 18.8 Å². The third-order valence-corrected chi connectivity index (χ3v) is 2.99. The van der Waals surface area contributed by atoms with E-state index in [4.69, 9.17) is 0 Å². The second kappa shape index (κ2) is 7.43. The van der Waals surface area contributed by atoms with Crippen molar-refractivity contribution in [3.8, 4) is 0 Å². The first kappa shape index (κ1) is 14.2. The summed E-state index contributed by atoms with van der Waals surface area (Å²) in [5.74, 6) is 0. The SMILES string of the molecule is CCCN(CCC)c1ccc(/C=N/n2cnnc2)cc1. The van der Waals surface area contributed by atoms with Crippen LogP contribution in [0.3, 0.4) is 0 Å². The smallest absolute Gasteiger partial charge is 0.141 e. The Morgan fingerprint density at radius 1 is 1.05 bits per heavy atom. The Hall–Kier alpha value is -2.17. The van der Waals surface area contributed by atoms with E-state index in [-0.39, 0.29) is 0 Å². The number of anilines is 1. The van der Waals surface area contributed by atoms with Crippen LogP contribution in [0.25, 0.3) is 0 Å². The number of aromatic nitrogens is 3. The topological polar surface area (TPSA) is 46.3 Å². The van der Waals surface area contributed by atoms with E-state index < -0.39 is 0 Å². The summed E-state index contributed by atoms with van der Waals surface area (Å²) in [4.78, 5) is 2.42. The molecule has 0 amide bonds. The summed E-state index contributed by atoms with van der Waals surface area (Å²) >= 11 is 0. The summed E-state index contributed by atoms with van der Waals surface area (Å²) in [6.45, 7) is 6.62. The van der Waals surface area contributed by atoms with Crippen molar-refractivity contribution in [2.45, 2.75) is 26.7 Å². The molecule has 1 heterocycles. The minimum atomic E-state index is 1.07. The quantitative estimate of drug-likeness (QED) is 0.727. The zero-order chi connectivity index (χ0) is 14.2. The van der Waals surface area contributed by atoms with Crippen molar-refractivity contribution in [2.75, 3.05) is 18.0 Å². The average Bonchev–Trinajstić information content (AvgIpc) is 2.99. The molecule has 0 atom stereocenters. The van der Waals surface area contributed by atoms with Crippen molar-refractivity contribution in [3.05, 3.63) is 42.5 Å². The molecule has 0 radical (unpaired) electrons. The van der Waals surface area contributed by atoms with Crippen molar-refractivity contribution in [3.63, 3.8) is 0 Å². The standard InChI is InChI=1S/C15H21N5/c1-3-9-19(10-4-2)15-7-5-14(6-8-15)11-18-20-12-16-17-13-20/h5-8,11-13H,3-4,9-10H2,1-2H3/b18-11+. The van der Waals surface area contributed by atoms with Gasteiger partial charge in [-0.05, 0) is 30.5 Å². The maximum Gasteiger partial charge on any atom is 0.141 e. The van der Waals surface area contributed by atoms with Crippen LogP contribution in [0.15, 0.2) is 42.0 Å². The third-order valence-electron chi connectivity index (χ3n) is 2.99. The van der Waals surface area contributed by atoms with Crippen molar-refractivity contribution in [2.24, 2.45) is 5.10 Å². The molecule has 0 aliphatic heterocycles. The predicted octanol–water partition coefficient (Wildman–Crippen LogP) is 2.79. The van der Waals surface area contributed by atoms with Gasteiger partial charge in [-0.3, -0.25) is 0 Å². The highest BCUT2D eigenvalue weighted by Gasteiger charge is 2.03. The van der Waals surface area contributed by atoms with Gasteiger partial charge in [0.2, 0.25) is 0 Å². The lowest BCUT2D eigenvalue weighted by atomic mass is 10.2. The van der Waals surface area contributed by atoms with Crippen LogP contribution in [0.2, 0.25) is 0 Å². The maximum atomic E-state index is 4.24. The summed E-state index contributed by atoms with van der Waals surface area (Å²) in [5, 5.41) is 11.6. The second-order valence-corrected chi connectivity index (χ2v) is 4.67. The van der Waals surface area contributed by atoms with Gasteiger partial charge in [0.15, 0.2) is 0 Å². The number of rotatable bonds is 7. The van der Waals surface area contributed by atoms with Crippen LogP contribution < -0.4 is 4.90 Å². The molecule has 0 aliphatic rings. The van der Waals surface area contributed by atoms with Gasteiger partial charge in [0.1, 0.15) is 12.7 Å². The monoisotopic (exact) mass is 271 g/mol. The molecule has 2 aromatic rings. The fourth-order valence-corrected chi connectivity index (χ4v) is 2.07. The number of hydrogen-bond donors (Lipinski definition) is 0. The van der Waals surface area contributed by atoms with Crippen LogP contribution in [0.4, 0.5) is 5.69 Å². The molecule has 0 spiro atoms. The van der Waals surface area contributed by atoms with Gasteiger partial charge in [0.25, 0.3) is 0 Å². The van der Waals surface area contributed by atoms with Gasteiger partial charge < -0.3 is 4.90 Å². The van der Waals surface area contributed by atoms with Gasteiger partial charge in [-0.25, -0.2) is 4.68 Å². The largest absolute Gasteiger partial charge is 0.372 e. The fraction of sp³-hybridized carbons (Fsp3) is 0.400. The highest BCUT2D eigenvalue weighted by Crippen LogP contribution is 2.15. The first-order valence-electron chi connectivity index (χ1n) is 7.07. The van der Waals surface area contributed by atoms with E-state index in [0.29, 0.717) is 0 Å². The van der Waals surface area contributed by atoms with Crippen molar-refractivity contribution < 1.29 is 0 Å². The van der Waals surface area contributed by atoms with Crippen LogP contribution in [0.1, 0.15) is 32.3 Å². The minimum Gasteiger partial charge on any atom is -0.372 e. The molecule has 20 heavy (non-hydrogen) atoms. The number of benzene rings is 1. The number of hydrogen-bond acceptors (Lipinski definition) is 4. The third kappa shape index (κ3) is 3.91. The second-order valence-electron chi connectivity index (χ2n) is 4.67. The van der Waals surface area contributed by atoms with E-state index in [1.54, 1.807) is 23.5 Å². The zero-order valence-corrected chi connectivity index (χ0v) is 12.1. The Balaban J connectivity index is 2.05. The fourth-order valence-electron chi connectivity index (χ4n) is 2.07. The van der Waals surface area contributed by atoms with Crippen molar-refractivity contribution in [1.29, 1.82) is 0 Å². The van der Waals surface area contributed by atoms with Crippen molar-refractivity contribution in [1.82, 2.24) is 14.9 Å². The molecule has 5 heteroatoms. The van der Waals surface area contributed by atoms with Crippen LogP contribution in [-0.2, 0) is 0 Å². The van der Waals surface area contributed by atoms with E-state index >= 15 is 0 Å². The molecule has 106 valence electrons. The minimum absolute atomic E-state index is 1.07. The summed E-state index contributed by atoms with van der Waals surface area (Å²) in [6, 6.07) is 8.47. The Bertz CT molecular complexity index is 510. The van der Waals surface area contributed by atoms with E-state index in [0.717, 1.165) is 31.5 Å². The summed E-state index contributed by atoms with van der Waals surface area (Å²) < 4.78 is 1.58. The van der Waals surface area contributed by atoms with Gasteiger partial charge >= 0.3 is 0 Å². The van der Waals surface area contributed by atoms with E-state index in [1.807, 2.05) is 0 Å². The molecule has 0 N–H and O–H groups in total. The normalized spacial score (nSPS) is 11.1. The average molecular weight is 271 g/mol. The van der Waals surface area contributed by atoms with Crippen LogP contribution in [-0.4, -0.2) is 34.2 Å². The molecule has 5 nitrogen and oxygen atoms in total. The highest BCUT2D eigenvalue weighted by atomic mass is 15.4. The molecule has 1 aromatic carbocycles. The molecule has 0 aliphatic carbocycles. The Kier molecular flexibility index (Phi) is 5.29. The zero-order valence-electron chi connectivity index (χ0n) is 12.1. The molecule has 1 aromatic heterocycles. The molecular weight excluding hydrogens is 250 g/mol. The lowest BCUT2D eigenvalue weighted by molar-refractivity contribution is 0.745. The molecule has 0 bridgehead atoms. The first-order chi connectivity index (χ1) is 9.83. The highest BCUT2D eigenvalue weighted by molar-refractivity contribution is 5.80. The first-order valence-corrected chi connectivity index (χ1v) is 7.07. The van der Waals surface area contributed by atoms with Gasteiger partial charge in [-0.1, -0.05) is 26.0 Å². The molecule has 0 saturated heterocycles. The molecule has 0 saturated carbocycles. The lowest BCUT2D eigenvalue weighted by Crippen LogP contribution is -2.24. The van der Waals surface area contributed by atoms with E-state index in [9.17, 15) is 0 Å². The van der Waals surface area contributed by atoms with E-state index in [1.165, 1.54) is 5.69 Å². The Labute approximate surface area is 119 Å². The van der Waals surface area contributed by atoms with Crippen molar-refractivity contribution >= 4 is 11.9 Å². The Morgan fingerprint density at radius 3 is 2.20 bits per heavy atom. The molecule has 2 rings (SSSR count). The maximum absolute atomic E-state index is 4.24. The van der Waals surface area contributed by atoms with Crippen LogP contribution in [0.5, 0.6) is 0 Å². The van der Waals surface area contributed by atoms with Gasteiger partial charge in [-0.2, -0.15) is 5.10 Å². The van der Waals surface area contributed by atoms with E-state index in [2.05, 4.69) is 58.3 Å². The van der Waals surface area contributed by atoms with Gasteiger partial charge in [-0.15, -0.1) is 10.2 Å². The molecule has 0 fully saturated rings. The van der Waals surface area contributed by atoms with Crippen LogP contribution in [0, 0.1) is 0 Å². The number of nitrogens with zero attached hydrogens (tertiary/aromatic N) is 5.